The molecule has 1 aromatic rings. The number of rotatable bonds is 1. The van der Waals surface area contributed by atoms with Crippen molar-refractivity contribution in [2.75, 3.05) is 0 Å². The fourth-order valence-electron chi connectivity index (χ4n) is 0.558. The minimum Gasteiger partial charge on any atom is -0.329 e. The van der Waals surface area contributed by atoms with Crippen molar-refractivity contribution in [2.45, 2.75) is 0 Å². The van der Waals surface area contributed by atoms with E-state index in [9.17, 15) is 13.4 Å². The van der Waals surface area contributed by atoms with Gasteiger partial charge in [-0.1, -0.05) is 6.07 Å². The fourth-order valence-corrected chi connectivity index (χ4v) is 0.558. The van der Waals surface area contributed by atoms with E-state index in [0.29, 0.717) is 0 Å². The number of aromatic amines is 1. The van der Waals surface area contributed by atoms with Gasteiger partial charge in [0.15, 0.2) is 0 Å². The third-order valence-electron chi connectivity index (χ3n) is 1.06. The second-order valence-corrected chi connectivity index (χ2v) is 1.79. The molecule has 0 unspecified atom stereocenters. The summed E-state index contributed by atoms with van der Waals surface area (Å²) in [5, 5.41) is 0. The second kappa shape index (κ2) is 2.64. The third kappa shape index (κ3) is 1.43. The molecule has 0 amide bonds. The molecule has 1 aromatic heterocycles. The zero-order chi connectivity index (χ0) is 7.56. The summed E-state index contributed by atoms with van der Waals surface area (Å²) in [6.07, 6.45) is 1.01. The van der Waals surface area contributed by atoms with Crippen LogP contribution < -0.4 is 11.0 Å². The average molecular weight is 143 g/mol. The van der Waals surface area contributed by atoms with E-state index in [-0.39, 0.29) is 11.0 Å². The number of hydrogen-bond acceptors (Lipinski definition) is 1. The van der Waals surface area contributed by atoms with Gasteiger partial charge in [0.2, 0.25) is 5.56 Å². The number of H-pyrrole nitrogens is 1. The maximum absolute atomic E-state index is 11.8. The quantitative estimate of drug-likeness (QED) is 0.551. The van der Waals surface area contributed by atoms with Crippen LogP contribution in [-0.4, -0.2) is 12.3 Å². The normalized spacial score (nSPS) is 9.40. The monoisotopic (exact) mass is 143 g/mol. The van der Waals surface area contributed by atoms with Crippen molar-refractivity contribution in [3.8, 4) is 0 Å². The zero-order valence-electron chi connectivity index (χ0n) is 4.97. The topological polar surface area (TPSA) is 32.9 Å². The Morgan fingerprint density at radius 1 is 1.40 bits per heavy atom. The van der Waals surface area contributed by atoms with Crippen LogP contribution in [0.1, 0.15) is 0 Å². The molecule has 1 rings (SSSR count). The van der Waals surface area contributed by atoms with Crippen molar-refractivity contribution in [3.63, 3.8) is 0 Å². The minimum atomic E-state index is -2.52. The van der Waals surface area contributed by atoms with Crippen LogP contribution in [0, 0.1) is 0 Å². The molecule has 0 aliphatic heterocycles. The zero-order valence-corrected chi connectivity index (χ0v) is 4.97. The Morgan fingerprint density at radius 2 is 2.10 bits per heavy atom. The van der Waals surface area contributed by atoms with Crippen molar-refractivity contribution in [3.05, 3.63) is 28.7 Å². The van der Waals surface area contributed by atoms with Crippen molar-refractivity contribution >= 4 is 12.7 Å². The summed E-state index contributed by atoms with van der Waals surface area (Å²) in [7, 11) is -2.52. The van der Waals surface area contributed by atoms with E-state index in [1.165, 1.54) is 0 Å². The van der Waals surface area contributed by atoms with Gasteiger partial charge in [-0.15, -0.1) is 0 Å². The van der Waals surface area contributed by atoms with Gasteiger partial charge >= 0.3 is 7.27 Å². The van der Waals surface area contributed by atoms with Gasteiger partial charge in [0.05, 0.1) is 0 Å². The molecule has 5 heteroatoms. The molecule has 0 radical (unpaired) electrons. The Kier molecular flexibility index (Phi) is 1.84. The lowest BCUT2D eigenvalue weighted by atomic mass is 9.88. The maximum Gasteiger partial charge on any atom is 0.573 e. The van der Waals surface area contributed by atoms with E-state index in [0.717, 1.165) is 18.3 Å². The standard InChI is InChI=1S/C5H4BF2NO/c7-6(8)4-1-2-5(10)9-3-4/h1-3H,(H,9,10). The summed E-state index contributed by atoms with van der Waals surface area (Å²) >= 11 is 0. The van der Waals surface area contributed by atoms with Crippen LogP contribution in [0.2, 0.25) is 0 Å². The average Bonchev–Trinajstić information content (AvgIpc) is 1.88. The lowest BCUT2D eigenvalue weighted by Crippen LogP contribution is -2.23. The highest BCUT2D eigenvalue weighted by atomic mass is 19.2. The predicted octanol–water partition coefficient (Wildman–Crippen LogP) is 0.00910. The summed E-state index contributed by atoms with van der Waals surface area (Å²) in [5.74, 6) is 0. The molecule has 0 atom stereocenters. The van der Waals surface area contributed by atoms with Crippen LogP contribution in [0.3, 0.4) is 0 Å². The van der Waals surface area contributed by atoms with E-state index in [4.69, 9.17) is 0 Å². The van der Waals surface area contributed by atoms with E-state index >= 15 is 0 Å². The molecule has 2 nitrogen and oxygen atoms in total. The highest BCUT2D eigenvalue weighted by Crippen LogP contribution is 1.84. The second-order valence-electron chi connectivity index (χ2n) is 1.79. The van der Waals surface area contributed by atoms with Gasteiger partial charge in [-0.25, -0.2) is 0 Å². The Balaban J connectivity index is 3.00. The first-order valence-corrected chi connectivity index (χ1v) is 2.67. The van der Waals surface area contributed by atoms with Crippen LogP contribution >= 0.6 is 0 Å². The van der Waals surface area contributed by atoms with Crippen LogP contribution in [0.5, 0.6) is 0 Å². The highest BCUT2D eigenvalue weighted by Gasteiger charge is 2.14. The van der Waals surface area contributed by atoms with E-state index < -0.39 is 7.27 Å². The highest BCUT2D eigenvalue weighted by molar-refractivity contribution is 6.59. The van der Waals surface area contributed by atoms with Gasteiger partial charge in [-0.05, 0) is 0 Å². The number of halogens is 2. The van der Waals surface area contributed by atoms with Crippen LogP contribution in [0.15, 0.2) is 23.1 Å². The van der Waals surface area contributed by atoms with E-state index in [1.54, 1.807) is 0 Å². The molecule has 0 saturated heterocycles. The number of aromatic nitrogens is 1. The van der Waals surface area contributed by atoms with Crippen LogP contribution in [-0.2, 0) is 0 Å². The fraction of sp³-hybridized carbons (Fsp3) is 0. The third-order valence-corrected chi connectivity index (χ3v) is 1.06. The molecule has 0 saturated carbocycles. The molecule has 0 spiro atoms. The van der Waals surface area contributed by atoms with Crippen molar-refractivity contribution in [1.82, 2.24) is 4.98 Å². The Labute approximate surface area is 56.1 Å². The predicted molar refractivity (Wildman–Crippen MR) is 34.7 cm³/mol. The first-order chi connectivity index (χ1) is 4.70. The van der Waals surface area contributed by atoms with Gasteiger partial charge in [0.25, 0.3) is 0 Å². The smallest absolute Gasteiger partial charge is 0.329 e. The number of nitrogens with one attached hydrogen (secondary N) is 1. The molecule has 0 aliphatic rings. The van der Waals surface area contributed by atoms with Gasteiger partial charge in [-0.3, -0.25) is 13.4 Å². The molecule has 0 aromatic carbocycles. The van der Waals surface area contributed by atoms with Gasteiger partial charge in [0, 0.05) is 17.7 Å². The van der Waals surface area contributed by atoms with Crippen molar-refractivity contribution in [1.29, 1.82) is 0 Å². The van der Waals surface area contributed by atoms with Gasteiger partial charge in [-0.2, -0.15) is 0 Å². The Morgan fingerprint density at radius 3 is 2.50 bits per heavy atom. The van der Waals surface area contributed by atoms with Crippen LogP contribution in [0.25, 0.3) is 0 Å². The summed E-state index contributed by atoms with van der Waals surface area (Å²) < 4.78 is 23.6. The molecule has 0 aliphatic carbocycles. The molecule has 0 fully saturated rings. The maximum atomic E-state index is 11.8. The Bertz CT molecular complexity index is 252. The molecule has 1 N–H and O–H groups in total. The van der Waals surface area contributed by atoms with Gasteiger partial charge < -0.3 is 4.98 Å². The summed E-state index contributed by atoms with van der Waals surface area (Å²) in [4.78, 5) is 12.5. The van der Waals surface area contributed by atoms with E-state index in [1.807, 2.05) is 0 Å². The molecule has 1 heterocycles. The molecule has 10 heavy (non-hydrogen) atoms. The lowest BCUT2D eigenvalue weighted by molar-refractivity contribution is 0.684. The summed E-state index contributed by atoms with van der Waals surface area (Å²) in [6.45, 7) is 0. The first-order valence-electron chi connectivity index (χ1n) is 2.67. The molecule has 52 valence electrons. The molecule has 0 bridgehead atoms. The number of hydrogen-bond donors (Lipinski definition) is 1. The van der Waals surface area contributed by atoms with E-state index in [2.05, 4.69) is 4.98 Å². The van der Waals surface area contributed by atoms with Crippen molar-refractivity contribution in [2.24, 2.45) is 0 Å². The van der Waals surface area contributed by atoms with Crippen molar-refractivity contribution < 1.29 is 8.63 Å². The lowest BCUT2D eigenvalue weighted by Gasteiger charge is -1.90. The summed E-state index contributed by atoms with van der Waals surface area (Å²) in [5.41, 5.74) is -0.538. The number of pyridine rings is 1. The van der Waals surface area contributed by atoms with Crippen LogP contribution in [0.4, 0.5) is 8.63 Å². The molecular weight excluding hydrogens is 139 g/mol. The SMILES string of the molecule is O=c1ccc(B(F)F)c[nH]1. The largest absolute Gasteiger partial charge is 0.573 e. The Hall–Kier alpha value is -1.13. The first kappa shape index (κ1) is 6.99. The summed E-state index contributed by atoms with van der Waals surface area (Å²) in [6, 6.07) is 2.17. The minimum absolute atomic E-state index is 0.167. The molecular formula is C5H4BF2NO. The van der Waals surface area contributed by atoms with Gasteiger partial charge in [0.1, 0.15) is 0 Å².